The molecule has 1 aromatic heterocycles. The third kappa shape index (κ3) is 5.26. The molecule has 4 aliphatic rings. The van der Waals surface area contributed by atoms with Crippen molar-refractivity contribution in [1.82, 2.24) is 4.98 Å². The number of thiazole rings is 1. The predicted molar refractivity (Wildman–Crippen MR) is 182 cm³/mol. The van der Waals surface area contributed by atoms with Crippen LogP contribution in [0.2, 0.25) is 0 Å². The van der Waals surface area contributed by atoms with Crippen molar-refractivity contribution in [2.45, 2.75) is 27.5 Å². The molecule has 3 heterocycles. The third-order valence-electron chi connectivity index (χ3n) is 10.1. The molecule has 3 aromatic carbocycles. The Hall–Kier alpha value is -4.44. The molecule has 0 unspecified atom stereocenters. The van der Waals surface area contributed by atoms with E-state index in [2.05, 4.69) is 10.3 Å². The Labute approximate surface area is 289 Å². The molecule has 1 saturated heterocycles. The van der Waals surface area contributed by atoms with Gasteiger partial charge < -0.3 is 19.8 Å². The van der Waals surface area contributed by atoms with Crippen molar-refractivity contribution in [3.63, 3.8) is 0 Å². The van der Waals surface area contributed by atoms with Gasteiger partial charge in [-0.05, 0) is 78.8 Å². The van der Waals surface area contributed by atoms with E-state index in [-0.39, 0.29) is 57.1 Å². The van der Waals surface area contributed by atoms with Gasteiger partial charge in [-0.15, -0.1) is 11.8 Å². The fraction of sp³-hybridized carbons (Fsp3) is 0.294. The van der Waals surface area contributed by atoms with Crippen molar-refractivity contribution < 1.29 is 32.3 Å². The Kier molecular flexibility index (Phi) is 7.70. The van der Waals surface area contributed by atoms with E-state index >= 15 is 0 Å². The lowest BCUT2D eigenvalue weighted by molar-refractivity contribution is -0.123. The number of fused-ring (bicyclic) bond motifs is 9. The van der Waals surface area contributed by atoms with Crippen molar-refractivity contribution in [3.8, 4) is 11.5 Å². The summed E-state index contributed by atoms with van der Waals surface area (Å²) in [4.78, 5) is 58.6. The maximum atomic E-state index is 14.1. The number of carbonyl (C=O) groups is 3. The molecule has 2 saturated carbocycles. The van der Waals surface area contributed by atoms with E-state index in [0.717, 1.165) is 33.2 Å². The largest absolute Gasteiger partial charge is 0.497 e. The van der Waals surface area contributed by atoms with Crippen molar-refractivity contribution >= 4 is 62.2 Å². The number of amides is 3. The fourth-order valence-corrected chi connectivity index (χ4v) is 11.7. The number of thioether (sulfide) groups is 1. The number of nitrogens with zero attached hydrogens (tertiary/aromatic N) is 1. The van der Waals surface area contributed by atoms with Gasteiger partial charge in [-0.3, -0.25) is 24.1 Å². The summed E-state index contributed by atoms with van der Waals surface area (Å²) in [5.74, 6) is -1.15. The van der Waals surface area contributed by atoms with Crippen LogP contribution in [0.15, 0.2) is 87.5 Å². The van der Waals surface area contributed by atoms with Crippen molar-refractivity contribution in [3.05, 3.63) is 92.9 Å². The summed E-state index contributed by atoms with van der Waals surface area (Å²) in [5.41, 5.74) is 1.70. The van der Waals surface area contributed by atoms with Crippen LogP contribution in [-0.2, 0) is 24.4 Å². The number of aromatic amines is 1. The summed E-state index contributed by atoms with van der Waals surface area (Å²) >= 11 is 2.74. The minimum absolute atomic E-state index is 0.0155. The number of rotatable bonds is 8. The van der Waals surface area contributed by atoms with Gasteiger partial charge in [-0.25, -0.2) is 13.6 Å². The van der Waals surface area contributed by atoms with Crippen molar-refractivity contribution in [2.24, 2.45) is 34.7 Å². The highest BCUT2D eigenvalue weighted by Gasteiger charge is 2.69. The van der Waals surface area contributed by atoms with E-state index in [1.54, 1.807) is 55.3 Å². The molecular formula is C34H30N4O8S3. The molecule has 12 nitrogen and oxygen atoms in total. The number of carbonyl (C=O) groups excluding carboxylic acids is 3. The zero-order valence-electron chi connectivity index (χ0n) is 25.9. The number of hydrogen-bond donors (Lipinski definition) is 3. The second kappa shape index (κ2) is 11.9. The van der Waals surface area contributed by atoms with E-state index in [1.165, 1.54) is 29.2 Å². The number of benzene rings is 3. The summed E-state index contributed by atoms with van der Waals surface area (Å²) in [7, 11) is -2.31. The summed E-state index contributed by atoms with van der Waals surface area (Å²) in [6.45, 7) is -0.333. The minimum atomic E-state index is -3.87. The lowest BCUT2D eigenvalue weighted by Crippen LogP contribution is -2.42. The van der Waals surface area contributed by atoms with Gasteiger partial charge in [0.15, 0.2) is 6.61 Å². The zero-order valence-corrected chi connectivity index (χ0v) is 28.3. The first-order valence-electron chi connectivity index (χ1n) is 15.6. The number of aromatic nitrogens is 1. The first-order valence-corrected chi connectivity index (χ1v) is 18.8. The standard InChI is InChI=1S/C34H30N4O8S3/c1-45-18-10-8-17(9-11-18)38-32(40)27-21-14-22(28(27)33(38)41)29-26(21)25(30-31(47-29)37-34(42)48-30)20-4-2-3-5-23(20)46-15-24(39)36-16-6-12-19(13-7-16)49(35,43)44/h2-13,21-22,25-29H,14-15H2,1H3,(H,36,39)(H,37,42)(H2,35,43,44)/t21-,22-,25+,26-,27+,28+,29-/m1/s1. The van der Waals surface area contributed by atoms with Crippen LogP contribution in [0, 0.1) is 29.6 Å². The number of para-hydroxylation sites is 1. The Morgan fingerprint density at radius 2 is 1.67 bits per heavy atom. The number of methoxy groups -OCH3 is 1. The Bertz CT molecular complexity index is 2170. The highest BCUT2D eigenvalue weighted by Crippen LogP contribution is 2.69. The number of H-pyrrole nitrogens is 1. The molecule has 0 spiro atoms. The SMILES string of the molecule is COc1ccc(N2C(=O)[C@H]3[C@H]4C[C@@H]([C@@H]3C2=O)[C@@H]2[C@H](c3ccccc3OCC(=O)Nc3ccc(S(N)(=O)=O)cc3)c3sc(=O)[nH]c3S[C@H]42)cc1. The van der Waals surface area contributed by atoms with Crippen LogP contribution in [-0.4, -0.2) is 50.1 Å². The molecule has 3 amide bonds. The quantitative estimate of drug-likeness (QED) is 0.229. The summed E-state index contributed by atoms with van der Waals surface area (Å²) in [6, 6.07) is 19.8. The molecule has 15 heteroatoms. The first-order chi connectivity index (χ1) is 23.5. The number of nitrogens with one attached hydrogen (secondary N) is 2. The average molecular weight is 719 g/mol. The van der Waals surface area contributed by atoms with Crippen LogP contribution in [0.5, 0.6) is 11.5 Å². The number of primary sulfonamides is 1. The molecule has 2 aliphatic heterocycles. The molecule has 4 N–H and O–H groups in total. The lowest BCUT2D eigenvalue weighted by atomic mass is 9.68. The van der Waals surface area contributed by atoms with Crippen molar-refractivity contribution in [1.29, 1.82) is 0 Å². The Morgan fingerprint density at radius 1 is 0.980 bits per heavy atom. The summed E-state index contributed by atoms with van der Waals surface area (Å²) in [5, 5.41) is 8.61. The highest BCUT2D eigenvalue weighted by molar-refractivity contribution is 8.00. The molecule has 7 atom stereocenters. The molecule has 49 heavy (non-hydrogen) atoms. The van der Waals surface area contributed by atoms with Gasteiger partial charge in [0.1, 0.15) is 11.5 Å². The van der Waals surface area contributed by atoms with E-state index in [4.69, 9.17) is 14.6 Å². The smallest absolute Gasteiger partial charge is 0.305 e. The molecule has 4 aromatic rings. The maximum absolute atomic E-state index is 14.1. The second-order valence-electron chi connectivity index (χ2n) is 12.6. The van der Waals surface area contributed by atoms with E-state index in [1.807, 2.05) is 12.1 Å². The predicted octanol–water partition coefficient (Wildman–Crippen LogP) is 3.79. The normalized spacial score (nSPS) is 26.7. The molecule has 252 valence electrons. The number of anilines is 2. The minimum Gasteiger partial charge on any atom is -0.497 e. The van der Waals surface area contributed by atoms with Crippen LogP contribution >= 0.6 is 23.1 Å². The molecule has 2 bridgehead atoms. The Morgan fingerprint density at radius 3 is 2.37 bits per heavy atom. The summed E-state index contributed by atoms with van der Waals surface area (Å²) < 4.78 is 34.5. The van der Waals surface area contributed by atoms with Gasteiger partial charge in [0, 0.05) is 27.3 Å². The zero-order chi connectivity index (χ0) is 34.2. The molecular weight excluding hydrogens is 689 g/mol. The number of imide groups is 1. The fourth-order valence-electron chi connectivity index (χ4n) is 8.29. The Balaban J connectivity index is 1.08. The molecule has 0 radical (unpaired) electrons. The summed E-state index contributed by atoms with van der Waals surface area (Å²) in [6.07, 6.45) is 0.733. The molecule has 8 rings (SSSR count). The number of ether oxygens (including phenoxy) is 2. The van der Waals surface area contributed by atoms with Crippen LogP contribution in [0.3, 0.4) is 0 Å². The van der Waals surface area contributed by atoms with Crippen LogP contribution in [0.1, 0.15) is 22.8 Å². The topological polar surface area (TPSA) is 178 Å². The number of hydrogen-bond acceptors (Lipinski definition) is 10. The monoisotopic (exact) mass is 718 g/mol. The number of sulfonamides is 1. The van der Waals surface area contributed by atoms with Gasteiger partial charge in [-0.1, -0.05) is 29.5 Å². The third-order valence-corrected chi connectivity index (χ3v) is 13.7. The highest BCUT2D eigenvalue weighted by atomic mass is 32.2. The second-order valence-corrected chi connectivity index (χ2v) is 16.4. The lowest BCUT2D eigenvalue weighted by Gasteiger charge is -2.43. The van der Waals surface area contributed by atoms with Crippen LogP contribution < -0.4 is 29.7 Å². The van der Waals surface area contributed by atoms with Gasteiger partial charge in [0.2, 0.25) is 21.8 Å². The number of nitrogens with two attached hydrogens (primary N) is 1. The molecule has 2 aliphatic carbocycles. The van der Waals surface area contributed by atoms with Crippen LogP contribution in [0.25, 0.3) is 0 Å². The van der Waals surface area contributed by atoms with Crippen molar-refractivity contribution in [2.75, 3.05) is 23.9 Å². The van der Waals surface area contributed by atoms with Gasteiger partial charge >= 0.3 is 4.87 Å². The van der Waals surface area contributed by atoms with Gasteiger partial charge in [0.05, 0.1) is 34.6 Å². The maximum Gasteiger partial charge on any atom is 0.305 e. The first kappa shape index (κ1) is 31.8. The van der Waals surface area contributed by atoms with E-state index in [0.29, 0.717) is 22.9 Å². The van der Waals surface area contributed by atoms with E-state index in [9.17, 15) is 27.6 Å². The van der Waals surface area contributed by atoms with Crippen LogP contribution in [0.4, 0.5) is 11.4 Å². The van der Waals surface area contributed by atoms with Gasteiger partial charge in [0.25, 0.3) is 5.91 Å². The van der Waals surface area contributed by atoms with E-state index < -0.39 is 27.8 Å². The van der Waals surface area contributed by atoms with Gasteiger partial charge in [-0.2, -0.15) is 0 Å². The molecule has 3 fully saturated rings. The average Bonchev–Trinajstić information content (AvgIpc) is 3.82.